The summed E-state index contributed by atoms with van der Waals surface area (Å²) >= 11 is 1.62. The van der Waals surface area contributed by atoms with Crippen LogP contribution in [0, 0.1) is 0 Å². The van der Waals surface area contributed by atoms with E-state index in [9.17, 15) is 4.79 Å². The highest BCUT2D eigenvalue weighted by molar-refractivity contribution is 7.07. The zero-order chi connectivity index (χ0) is 9.68. The Labute approximate surface area is 81.7 Å². The molecular formula is C9H13NO2S. The molecule has 0 aliphatic heterocycles. The van der Waals surface area contributed by atoms with E-state index in [1.165, 1.54) is 6.92 Å². The van der Waals surface area contributed by atoms with Crippen LogP contribution in [-0.4, -0.2) is 19.6 Å². The fraction of sp³-hybridized carbons (Fsp3) is 0.444. The van der Waals surface area contributed by atoms with Crippen molar-refractivity contribution in [2.24, 2.45) is 0 Å². The first-order chi connectivity index (χ1) is 6.24. The second-order valence-corrected chi connectivity index (χ2v) is 3.50. The Morgan fingerprint density at radius 3 is 3.00 bits per heavy atom. The molecular weight excluding hydrogens is 186 g/mol. The van der Waals surface area contributed by atoms with E-state index < -0.39 is 0 Å². The SMILES string of the molecule is COC(CNC(C)=O)c1ccsc1. The van der Waals surface area contributed by atoms with Gasteiger partial charge in [-0.25, -0.2) is 0 Å². The van der Waals surface area contributed by atoms with Gasteiger partial charge < -0.3 is 10.1 Å². The minimum atomic E-state index is -0.0323. The van der Waals surface area contributed by atoms with Gasteiger partial charge in [-0.1, -0.05) is 0 Å². The molecule has 1 heterocycles. The van der Waals surface area contributed by atoms with Crippen molar-refractivity contribution in [1.29, 1.82) is 0 Å². The van der Waals surface area contributed by atoms with Crippen LogP contribution >= 0.6 is 11.3 Å². The number of amides is 1. The highest BCUT2D eigenvalue weighted by Gasteiger charge is 2.10. The third-order valence-corrected chi connectivity index (χ3v) is 2.44. The lowest BCUT2D eigenvalue weighted by Gasteiger charge is -2.13. The van der Waals surface area contributed by atoms with Crippen LogP contribution in [-0.2, 0) is 9.53 Å². The van der Waals surface area contributed by atoms with E-state index in [1.54, 1.807) is 18.4 Å². The predicted molar refractivity (Wildman–Crippen MR) is 52.8 cm³/mol. The van der Waals surface area contributed by atoms with Gasteiger partial charge in [-0.2, -0.15) is 11.3 Å². The van der Waals surface area contributed by atoms with Crippen LogP contribution in [0.5, 0.6) is 0 Å². The zero-order valence-corrected chi connectivity index (χ0v) is 8.56. The second kappa shape index (κ2) is 4.99. The topological polar surface area (TPSA) is 38.3 Å². The number of methoxy groups -OCH3 is 1. The first-order valence-electron chi connectivity index (χ1n) is 4.03. The molecule has 0 saturated heterocycles. The standard InChI is InChI=1S/C9H13NO2S/c1-7(11)10-5-9(12-2)8-3-4-13-6-8/h3-4,6,9H,5H2,1-2H3,(H,10,11). The average Bonchev–Trinajstić information content (AvgIpc) is 2.58. The Hall–Kier alpha value is -0.870. The summed E-state index contributed by atoms with van der Waals surface area (Å²) in [4.78, 5) is 10.7. The summed E-state index contributed by atoms with van der Waals surface area (Å²) in [6.07, 6.45) is -0.0323. The molecule has 1 N–H and O–H groups in total. The maximum absolute atomic E-state index is 10.7. The number of ether oxygens (including phenoxy) is 1. The number of rotatable bonds is 4. The van der Waals surface area contributed by atoms with Crippen LogP contribution in [0.15, 0.2) is 16.8 Å². The smallest absolute Gasteiger partial charge is 0.216 e. The Bertz CT molecular complexity index is 259. The molecule has 1 rings (SSSR count). The summed E-state index contributed by atoms with van der Waals surface area (Å²) in [6, 6.07) is 2.00. The van der Waals surface area contributed by atoms with E-state index >= 15 is 0 Å². The molecule has 0 aliphatic rings. The number of hydrogen-bond acceptors (Lipinski definition) is 3. The Balaban J connectivity index is 2.49. The molecule has 72 valence electrons. The second-order valence-electron chi connectivity index (χ2n) is 2.72. The van der Waals surface area contributed by atoms with E-state index in [2.05, 4.69) is 5.32 Å². The third kappa shape index (κ3) is 3.16. The van der Waals surface area contributed by atoms with Crippen molar-refractivity contribution in [2.75, 3.05) is 13.7 Å². The van der Waals surface area contributed by atoms with Gasteiger partial charge in [0.15, 0.2) is 0 Å². The van der Waals surface area contributed by atoms with Gasteiger partial charge in [-0.3, -0.25) is 4.79 Å². The van der Waals surface area contributed by atoms with Gasteiger partial charge >= 0.3 is 0 Å². The lowest BCUT2D eigenvalue weighted by molar-refractivity contribution is -0.119. The zero-order valence-electron chi connectivity index (χ0n) is 7.74. The van der Waals surface area contributed by atoms with Crippen LogP contribution in [0.2, 0.25) is 0 Å². The number of hydrogen-bond donors (Lipinski definition) is 1. The number of carbonyl (C=O) groups is 1. The van der Waals surface area contributed by atoms with E-state index in [0.717, 1.165) is 5.56 Å². The molecule has 1 unspecified atom stereocenters. The fourth-order valence-electron chi connectivity index (χ4n) is 1.03. The molecule has 4 heteroatoms. The van der Waals surface area contributed by atoms with Gasteiger partial charge in [0, 0.05) is 20.6 Å². The lowest BCUT2D eigenvalue weighted by Crippen LogP contribution is -2.26. The average molecular weight is 199 g/mol. The number of nitrogens with one attached hydrogen (secondary N) is 1. The summed E-state index contributed by atoms with van der Waals surface area (Å²) in [5.41, 5.74) is 1.11. The van der Waals surface area contributed by atoms with E-state index in [4.69, 9.17) is 4.74 Å². The van der Waals surface area contributed by atoms with Crippen molar-refractivity contribution in [3.63, 3.8) is 0 Å². The van der Waals surface area contributed by atoms with Crippen molar-refractivity contribution in [2.45, 2.75) is 13.0 Å². The highest BCUT2D eigenvalue weighted by atomic mass is 32.1. The maximum Gasteiger partial charge on any atom is 0.216 e. The molecule has 13 heavy (non-hydrogen) atoms. The molecule has 0 radical (unpaired) electrons. The Morgan fingerprint density at radius 2 is 2.54 bits per heavy atom. The van der Waals surface area contributed by atoms with Crippen molar-refractivity contribution in [3.8, 4) is 0 Å². The third-order valence-electron chi connectivity index (χ3n) is 1.74. The van der Waals surface area contributed by atoms with E-state index in [1.807, 2.05) is 16.8 Å². The van der Waals surface area contributed by atoms with Gasteiger partial charge in [0.05, 0.1) is 0 Å². The molecule has 0 bridgehead atoms. The van der Waals surface area contributed by atoms with Crippen molar-refractivity contribution in [3.05, 3.63) is 22.4 Å². The van der Waals surface area contributed by atoms with E-state index in [0.29, 0.717) is 6.54 Å². The van der Waals surface area contributed by atoms with Gasteiger partial charge in [0.25, 0.3) is 0 Å². The van der Waals surface area contributed by atoms with Crippen LogP contribution < -0.4 is 5.32 Å². The predicted octanol–water partition coefficient (Wildman–Crippen LogP) is 1.57. The van der Waals surface area contributed by atoms with Gasteiger partial charge in [0.1, 0.15) is 6.10 Å². The minimum Gasteiger partial charge on any atom is -0.375 e. The van der Waals surface area contributed by atoms with Gasteiger partial charge in [0.2, 0.25) is 5.91 Å². The van der Waals surface area contributed by atoms with Gasteiger partial charge in [-0.15, -0.1) is 0 Å². The number of thiophene rings is 1. The van der Waals surface area contributed by atoms with Crippen LogP contribution in [0.1, 0.15) is 18.6 Å². The molecule has 3 nitrogen and oxygen atoms in total. The lowest BCUT2D eigenvalue weighted by atomic mass is 10.2. The van der Waals surface area contributed by atoms with Crippen LogP contribution in [0.25, 0.3) is 0 Å². The maximum atomic E-state index is 10.7. The summed E-state index contributed by atoms with van der Waals surface area (Å²) < 4.78 is 5.24. The molecule has 1 atom stereocenters. The summed E-state index contributed by atoms with van der Waals surface area (Å²) in [6.45, 7) is 2.03. The van der Waals surface area contributed by atoms with Crippen molar-refractivity contribution in [1.82, 2.24) is 5.32 Å². The normalized spacial score (nSPS) is 12.5. The summed E-state index contributed by atoms with van der Waals surface area (Å²) in [5.74, 6) is -0.0303. The first kappa shape index (κ1) is 10.2. The molecule has 0 spiro atoms. The fourth-order valence-corrected chi connectivity index (χ4v) is 1.73. The molecule has 0 aliphatic carbocycles. The monoisotopic (exact) mass is 199 g/mol. The molecule has 1 amide bonds. The van der Waals surface area contributed by atoms with Crippen molar-refractivity contribution >= 4 is 17.2 Å². The van der Waals surface area contributed by atoms with E-state index in [-0.39, 0.29) is 12.0 Å². The van der Waals surface area contributed by atoms with Crippen molar-refractivity contribution < 1.29 is 9.53 Å². The molecule has 0 fully saturated rings. The quantitative estimate of drug-likeness (QED) is 0.799. The summed E-state index contributed by atoms with van der Waals surface area (Å²) in [7, 11) is 1.64. The molecule has 1 aromatic heterocycles. The molecule has 1 aromatic rings. The summed E-state index contributed by atoms with van der Waals surface area (Å²) in [5, 5.41) is 6.74. The van der Waals surface area contributed by atoms with Gasteiger partial charge in [-0.05, 0) is 22.4 Å². The Kier molecular flexibility index (Phi) is 3.92. The minimum absolute atomic E-state index is 0.0303. The molecule has 0 saturated carbocycles. The highest BCUT2D eigenvalue weighted by Crippen LogP contribution is 2.18. The van der Waals surface area contributed by atoms with Crippen LogP contribution in [0.4, 0.5) is 0 Å². The number of carbonyl (C=O) groups excluding carboxylic acids is 1. The first-order valence-corrected chi connectivity index (χ1v) is 4.97. The molecule has 0 aromatic carbocycles. The Morgan fingerprint density at radius 1 is 1.77 bits per heavy atom. The largest absolute Gasteiger partial charge is 0.375 e. The van der Waals surface area contributed by atoms with Crippen LogP contribution in [0.3, 0.4) is 0 Å².